The maximum absolute atomic E-state index is 11.6. The van der Waals surface area contributed by atoms with Gasteiger partial charge in [-0.2, -0.15) is 0 Å². The first kappa shape index (κ1) is 19.2. The van der Waals surface area contributed by atoms with Gasteiger partial charge >= 0.3 is 0 Å². The molecule has 0 spiro atoms. The first-order valence-corrected chi connectivity index (χ1v) is 11.3. The number of rotatable bonds is 8. The topological polar surface area (TPSA) is 70.6 Å². The quantitative estimate of drug-likeness (QED) is 0.544. The molecule has 1 aromatic rings. The molecule has 136 valence electrons. The Morgan fingerprint density at radius 3 is 2.58 bits per heavy atom. The van der Waals surface area contributed by atoms with Crippen LogP contribution in [0.15, 0.2) is 22.5 Å². The fourth-order valence-electron chi connectivity index (χ4n) is 2.74. The van der Waals surface area contributed by atoms with E-state index in [1.807, 2.05) is 6.92 Å². The number of nitrogens with zero attached hydrogens (tertiary/aromatic N) is 1. The van der Waals surface area contributed by atoms with Crippen molar-refractivity contribution in [2.75, 3.05) is 31.6 Å². The van der Waals surface area contributed by atoms with Crippen molar-refractivity contribution in [2.45, 2.75) is 39.0 Å². The summed E-state index contributed by atoms with van der Waals surface area (Å²) < 4.78 is 23.1. The van der Waals surface area contributed by atoms with Crippen molar-refractivity contribution < 1.29 is 8.42 Å². The van der Waals surface area contributed by atoms with Crippen molar-refractivity contribution in [3.8, 4) is 0 Å². The summed E-state index contributed by atoms with van der Waals surface area (Å²) in [6, 6.07) is 4.21. The molecular weight excluding hydrogens is 342 g/mol. The zero-order chi connectivity index (χ0) is 17.8. The summed E-state index contributed by atoms with van der Waals surface area (Å²) in [6.45, 7) is 8.54. The van der Waals surface area contributed by atoms with Gasteiger partial charge in [0.25, 0.3) is 0 Å². The van der Waals surface area contributed by atoms with Crippen LogP contribution in [0.1, 0.15) is 38.5 Å². The zero-order valence-corrected chi connectivity index (χ0v) is 16.7. The Morgan fingerprint density at radius 2 is 2.08 bits per heavy atom. The largest absolute Gasteiger partial charge is 0.357 e. The highest BCUT2D eigenvalue weighted by molar-refractivity contribution is 7.90. The SMILES string of the molecule is CCNC(=NCC(C)(C)c1cccs1)NCC1(CS(C)(=O)=O)CC1. The third-order valence-electron chi connectivity index (χ3n) is 4.32. The van der Waals surface area contributed by atoms with Gasteiger partial charge in [-0.25, -0.2) is 8.42 Å². The van der Waals surface area contributed by atoms with E-state index in [9.17, 15) is 8.42 Å². The minimum atomic E-state index is -2.94. The molecule has 0 radical (unpaired) electrons. The Kier molecular flexibility index (Phi) is 5.96. The molecule has 2 rings (SSSR count). The number of aliphatic imine (C=N–C) groups is 1. The molecule has 24 heavy (non-hydrogen) atoms. The highest BCUT2D eigenvalue weighted by Crippen LogP contribution is 2.46. The van der Waals surface area contributed by atoms with Crippen LogP contribution >= 0.6 is 11.3 Å². The average Bonchev–Trinajstić information content (AvgIpc) is 3.01. The van der Waals surface area contributed by atoms with E-state index >= 15 is 0 Å². The maximum atomic E-state index is 11.6. The summed E-state index contributed by atoms with van der Waals surface area (Å²) >= 11 is 1.75. The smallest absolute Gasteiger partial charge is 0.191 e. The van der Waals surface area contributed by atoms with Gasteiger partial charge in [0.05, 0.1) is 12.3 Å². The van der Waals surface area contributed by atoms with E-state index < -0.39 is 9.84 Å². The molecule has 1 aliphatic rings. The minimum absolute atomic E-state index is 0.0133. The van der Waals surface area contributed by atoms with Crippen LogP contribution in [-0.4, -0.2) is 46.0 Å². The Bertz CT molecular complexity index is 660. The molecule has 2 N–H and O–H groups in total. The highest BCUT2D eigenvalue weighted by atomic mass is 32.2. The summed E-state index contributed by atoms with van der Waals surface area (Å²) in [5.74, 6) is 1.02. The molecule has 1 heterocycles. The molecule has 1 aromatic heterocycles. The second kappa shape index (κ2) is 7.44. The lowest BCUT2D eigenvalue weighted by Gasteiger charge is -2.22. The minimum Gasteiger partial charge on any atom is -0.357 e. The highest BCUT2D eigenvalue weighted by Gasteiger charge is 2.45. The number of nitrogens with one attached hydrogen (secondary N) is 2. The van der Waals surface area contributed by atoms with Gasteiger partial charge in [-0.05, 0) is 31.2 Å². The second-order valence-electron chi connectivity index (χ2n) is 7.48. The molecule has 1 saturated carbocycles. The summed E-state index contributed by atoms with van der Waals surface area (Å²) in [7, 11) is -2.94. The molecule has 0 saturated heterocycles. The Labute approximate surface area is 149 Å². The van der Waals surface area contributed by atoms with Gasteiger partial charge in [-0.3, -0.25) is 4.99 Å². The molecule has 0 unspecified atom stereocenters. The van der Waals surface area contributed by atoms with Crippen LogP contribution in [-0.2, 0) is 15.3 Å². The van der Waals surface area contributed by atoms with E-state index in [0.29, 0.717) is 13.1 Å². The molecule has 1 fully saturated rings. The lowest BCUT2D eigenvalue weighted by atomic mass is 9.92. The molecule has 0 atom stereocenters. The Balaban J connectivity index is 1.96. The molecule has 1 aliphatic carbocycles. The van der Waals surface area contributed by atoms with Crippen molar-refractivity contribution in [2.24, 2.45) is 10.4 Å². The first-order valence-electron chi connectivity index (χ1n) is 8.40. The molecule has 0 amide bonds. The number of sulfone groups is 1. The third kappa shape index (κ3) is 5.77. The van der Waals surface area contributed by atoms with Crippen LogP contribution in [0, 0.1) is 5.41 Å². The lowest BCUT2D eigenvalue weighted by Crippen LogP contribution is -2.42. The van der Waals surface area contributed by atoms with Crippen molar-refractivity contribution in [1.82, 2.24) is 10.6 Å². The summed E-state index contributed by atoms with van der Waals surface area (Å²) in [5, 5.41) is 8.69. The van der Waals surface area contributed by atoms with Crippen molar-refractivity contribution in [1.29, 1.82) is 0 Å². The van der Waals surface area contributed by atoms with E-state index in [1.165, 1.54) is 11.1 Å². The van der Waals surface area contributed by atoms with Crippen LogP contribution in [0.25, 0.3) is 0 Å². The van der Waals surface area contributed by atoms with Gasteiger partial charge in [0.1, 0.15) is 9.84 Å². The fourth-order valence-corrected chi connectivity index (χ4v) is 5.08. The average molecular weight is 372 g/mol. The molecule has 5 nitrogen and oxygen atoms in total. The molecular formula is C17H29N3O2S2. The molecule has 0 bridgehead atoms. The molecule has 0 aliphatic heterocycles. The maximum Gasteiger partial charge on any atom is 0.191 e. The second-order valence-corrected chi connectivity index (χ2v) is 10.6. The van der Waals surface area contributed by atoms with Crippen LogP contribution in [0.2, 0.25) is 0 Å². The number of hydrogen-bond acceptors (Lipinski definition) is 4. The van der Waals surface area contributed by atoms with Crippen LogP contribution < -0.4 is 10.6 Å². The van der Waals surface area contributed by atoms with Gasteiger partial charge in [0.2, 0.25) is 0 Å². The fraction of sp³-hybridized carbons (Fsp3) is 0.706. The predicted molar refractivity (Wildman–Crippen MR) is 103 cm³/mol. The van der Waals surface area contributed by atoms with E-state index in [1.54, 1.807) is 11.3 Å². The number of thiophene rings is 1. The Morgan fingerprint density at radius 1 is 1.38 bits per heavy atom. The third-order valence-corrected chi connectivity index (χ3v) is 6.69. The lowest BCUT2D eigenvalue weighted by molar-refractivity contribution is 0.523. The molecule has 0 aromatic carbocycles. The predicted octanol–water partition coefficient (Wildman–Crippen LogP) is 2.41. The first-order chi connectivity index (χ1) is 11.2. The summed E-state index contributed by atoms with van der Waals surface area (Å²) in [5.41, 5.74) is -0.117. The van der Waals surface area contributed by atoms with E-state index in [4.69, 9.17) is 4.99 Å². The van der Waals surface area contributed by atoms with Crippen LogP contribution in [0.5, 0.6) is 0 Å². The monoisotopic (exact) mass is 371 g/mol. The summed E-state index contributed by atoms with van der Waals surface area (Å²) in [6.07, 6.45) is 3.25. The van der Waals surface area contributed by atoms with Gasteiger partial charge in [0, 0.05) is 35.1 Å². The Hall–Kier alpha value is -1.08. The van der Waals surface area contributed by atoms with Gasteiger partial charge < -0.3 is 10.6 Å². The zero-order valence-electron chi connectivity index (χ0n) is 15.1. The van der Waals surface area contributed by atoms with E-state index in [0.717, 1.165) is 25.3 Å². The van der Waals surface area contributed by atoms with Crippen molar-refractivity contribution in [3.05, 3.63) is 22.4 Å². The summed E-state index contributed by atoms with van der Waals surface area (Å²) in [4.78, 5) is 6.04. The van der Waals surface area contributed by atoms with E-state index in [2.05, 4.69) is 42.0 Å². The van der Waals surface area contributed by atoms with Crippen LogP contribution in [0.4, 0.5) is 0 Å². The standard InChI is InChI=1S/C17H29N3O2S2/c1-5-18-15(19-11-16(2,3)14-7-6-10-23-14)20-12-17(8-9-17)13-24(4,21)22/h6-7,10H,5,8-9,11-13H2,1-4H3,(H2,18,19,20). The van der Waals surface area contributed by atoms with Gasteiger partial charge in [-0.1, -0.05) is 19.9 Å². The van der Waals surface area contributed by atoms with Crippen LogP contribution in [0.3, 0.4) is 0 Å². The number of hydrogen-bond donors (Lipinski definition) is 2. The van der Waals surface area contributed by atoms with Gasteiger partial charge in [-0.15, -0.1) is 11.3 Å². The van der Waals surface area contributed by atoms with Gasteiger partial charge in [0.15, 0.2) is 5.96 Å². The van der Waals surface area contributed by atoms with E-state index in [-0.39, 0.29) is 16.6 Å². The molecule has 7 heteroatoms. The number of guanidine groups is 1. The normalized spacial score (nSPS) is 17.6. The van der Waals surface area contributed by atoms with Crippen molar-refractivity contribution in [3.63, 3.8) is 0 Å². The van der Waals surface area contributed by atoms with Crippen molar-refractivity contribution >= 4 is 27.1 Å².